The standard InChI is InChI=1S/C14H8Cl2N4O/c15-11-2-1-3-12(16)10(11)5-13-19-14(21-20-13)8-4-9(6-17)18-7-8/h1-4,7,18H,5H2. The first-order valence-electron chi connectivity index (χ1n) is 6.01. The van der Waals surface area contributed by atoms with Gasteiger partial charge < -0.3 is 9.51 Å². The van der Waals surface area contributed by atoms with Crippen molar-refractivity contribution >= 4 is 23.2 Å². The van der Waals surface area contributed by atoms with Gasteiger partial charge in [0.05, 0.1) is 5.56 Å². The summed E-state index contributed by atoms with van der Waals surface area (Å²) in [6.45, 7) is 0. The summed E-state index contributed by atoms with van der Waals surface area (Å²) in [7, 11) is 0. The van der Waals surface area contributed by atoms with Crippen molar-refractivity contribution in [2.45, 2.75) is 6.42 Å². The molecule has 2 heterocycles. The molecular weight excluding hydrogens is 311 g/mol. The van der Waals surface area contributed by atoms with E-state index >= 15 is 0 Å². The smallest absolute Gasteiger partial charge is 0.259 e. The number of nitrogens with one attached hydrogen (secondary N) is 1. The monoisotopic (exact) mass is 318 g/mol. The van der Waals surface area contributed by atoms with Crippen LogP contribution in [0.3, 0.4) is 0 Å². The van der Waals surface area contributed by atoms with Gasteiger partial charge in [0.25, 0.3) is 5.89 Å². The highest BCUT2D eigenvalue weighted by Crippen LogP contribution is 2.27. The zero-order valence-corrected chi connectivity index (χ0v) is 12.1. The minimum absolute atomic E-state index is 0.339. The Kier molecular flexibility index (Phi) is 3.65. The van der Waals surface area contributed by atoms with Crippen molar-refractivity contribution in [1.82, 2.24) is 15.1 Å². The Morgan fingerprint density at radius 1 is 1.29 bits per heavy atom. The Labute approximate surface area is 130 Å². The van der Waals surface area contributed by atoms with Crippen molar-refractivity contribution in [1.29, 1.82) is 5.26 Å². The molecule has 1 aromatic carbocycles. The number of rotatable bonds is 3. The third-order valence-corrected chi connectivity index (χ3v) is 3.62. The summed E-state index contributed by atoms with van der Waals surface area (Å²) in [5.74, 6) is 0.811. The summed E-state index contributed by atoms with van der Waals surface area (Å²) in [6.07, 6.45) is 2.01. The van der Waals surface area contributed by atoms with Crippen molar-refractivity contribution < 1.29 is 4.52 Å². The molecule has 0 fully saturated rings. The molecule has 5 nitrogen and oxygen atoms in total. The Hall–Kier alpha value is -2.29. The molecule has 0 saturated carbocycles. The summed E-state index contributed by atoms with van der Waals surface area (Å²) in [5, 5.41) is 13.8. The molecule has 0 bridgehead atoms. The molecule has 0 amide bonds. The van der Waals surface area contributed by atoms with Crippen LogP contribution in [0.2, 0.25) is 10.0 Å². The first-order chi connectivity index (χ1) is 10.2. The van der Waals surface area contributed by atoms with E-state index < -0.39 is 0 Å². The maximum Gasteiger partial charge on any atom is 0.259 e. The fourth-order valence-electron chi connectivity index (χ4n) is 1.88. The minimum atomic E-state index is 0.339. The van der Waals surface area contributed by atoms with E-state index in [0.717, 1.165) is 5.56 Å². The number of aromatic nitrogens is 3. The van der Waals surface area contributed by atoms with Crippen LogP contribution in [0, 0.1) is 11.3 Å². The van der Waals surface area contributed by atoms with Gasteiger partial charge in [-0.05, 0) is 23.8 Å². The fraction of sp³-hybridized carbons (Fsp3) is 0.0714. The quantitative estimate of drug-likeness (QED) is 0.795. The molecule has 0 unspecified atom stereocenters. The number of nitriles is 1. The molecule has 3 rings (SSSR count). The van der Waals surface area contributed by atoms with E-state index in [1.807, 2.05) is 6.07 Å². The summed E-state index contributed by atoms with van der Waals surface area (Å²) in [5.41, 5.74) is 1.84. The molecule has 0 aliphatic heterocycles. The number of aromatic amines is 1. The van der Waals surface area contributed by atoms with Crippen molar-refractivity contribution in [3.8, 4) is 17.5 Å². The molecule has 0 spiro atoms. The summed E-state index contributed by atoms with van der Waals surface area (Å²) < 4.78 is 5.18. The maximum absolute atomic E-state index is 8.78. The predicted molar refractivity (Wildman–Crippen MR) is 78.1 cm³/mol. The first-order valence-corrected chi connectivity index (χ1v) is 6.77. The van der Waals surface area contributed by atoms with Crippen LogP contribution in [-0.2, 0) is 6.42 Å². The van der Waals surface area contributed by atoms with E-state index in [1.165, 1.54) is 0 Å². The number of halogens is 2. The van der Waals surface area contributed by atoms with E-state index in [4.69, 9.17) is 33.0 Å². The molecule has 1 N–H and O–H groups in total. The lowest BCUT2D eigenvalue weighted by Crippen LogP contribution is -1.93. The molecule has 2 aromatic heterocycles. The maximum atomic E-state index is 8.78. The Bertz CT molecular complexity index is 811. The van der Waals surface area contributed by atoms with Gasteiger partial charge in [-0.15, -0.1) is 0 Å². The van der Waals surface area contributed by atoms with Gasteiger partial charge >= 0.3 is 0 Å². The van der Waals surface area contributed by atoms with E-state index in [9.17, 15) is 0 Å². The predicted octanol–water partition coefficient (Wildman–Crippen LogP) is 3.83. The summed E-state index contributed by atoms with van der Waals surface area (Å²) >= 11 is 12.2. The second kappa shape index (κ2) is 5.60. The summed E-state index contributed by atoms with van der Waals surface area (Å²) in [6, 6.07) is 8.93. The first kappa shape index (κ1) is 13.7. The molecule has 0 aliphatic carbocycles. The topological polar surface area (TPSA) is 78.5 Å². The van der Waals surface area contributed by atoms with Crippen LogP contribution in [-0.4, -0.2) is 15.1 Å². The molecule has 21 heavy (non-hydrogen) atoms. The molecule has 0 aliphatic rings. The normalized spacial score (nSPS) is 10.5. The second-order valence-corrected chi connectivity index (χ2v) is 5.12. The van der Waals surface area contributed by atoms with Crippen LogP contribution >= 0.6 is 23.2 Å². The highest BCUT2D eigenvalue weighted by Gasteiger charge is 2.14. The lowest BCUT2D eigenvalue weighted by Gasteiger charge is -2.02. The number of H-pyrrole nitrogens is 1. The van der Waals surface area contributed by atoms with Gasteiger partial charge in [0.15, 0.2) is 5.82 Å². The SMILES string of the molecule is N#Cc1cc(-c2nc(Cc3c(Cl)cccc3Cl)no2)c[nH]1. The van der Waals surface area contributed by atoms with Gasteiger partial charge in [-0.1, -0.05) is 34.4 Å². The van der Waals surface area contributed by atoms with Gasteiger partial charge in [-0.3, -0.25) is 0 Å². The van der Waals surface area contributed by atoms with Crippen LogP contribution in [0.25, 0.3) is 11.5 Å². The zero-order valence-electron chi connectivity index (χ0n) is 10.6. The van der Waals surface area contributed by atoms with Crippen molar-refractivity contribution in [3.63, 3.8) is 0 Å². The average molecular weight is 319 g/mol. The van der Waals surface area contributed by atoms with Crippen molar-refractivity contribution in [3.05, 3.63) is 57.6 Å². The lowest BCUT2D eigenvalue weighted by atomic mass is 10.1. The highest BCUT2D eigenvalue weighted by molar-refractivity contribution is 6.36. The highest BCUT2D eigenvalue weighted by atomic mass is 35.5. The number of hydrogen-bond acceptors (Lipinski definition) is 4. The van der Waals surface area contributed by atoms with E-state index in [-0.39, 0.29) is 0 Å². The van der Waals surface area contributed by atoms with Gasteiger partial charge in [0, 0.05) is 22.7 Å². The Morgan fingerprint density at radius 2 is 2.05 bits per heavy atom. The van der Waals surface area contributed by atoms with Crippen LogP contribution in [0.1, 0.15) is 17.1 Å². The van der Waals surface area contributed by atoms with Crippen molar-refractivity contribution in [2.24, 2.45) is 0 Å². The zero-order chi connectivity index (χ0) is 14.8. The largest absolute Gasteiger partial charge is 0.352 e. The lowest BCUT2D eigenvalue weighted by molar-refractivity contribution is 0.424. The minimum Gasteiger partial charge on any atom is -0.352 e. The fourth-order valence-corrected chi connectivity index (χ4v) is 2.42. The average Bonchev–Trinajstić information content (AvgIpc) is 3.11. The van der Waals surface area contributed by atoms with Crippen LogP contribution in [0.15, 0.2) is 35.0 Å². The van der Waals surface area contributed by atoms with Crippen molar-refractivity contribution in [2.75, 3.05) is 0 Å². The molecule has 104 valence electrons. The second-order valence-electron chi connectivity index (χ2n) is 4.31. The Balaban J connectivity index is 1.87. The van der Waals surface area contributed by atoms with Crippen LogP contribution in [0.4, 0.5) is 0 Å². The molecular formula is C14H8Cl2N4O. The number of nitrogens with zero attached hydrogens (tertiary/aromatic N) is 3. The molecule has 7 heteroatoms. The molecule has 0 atom stereocenters. The van der Waals surface area contributed by atoms with E-state index in [1.54, 1.807) is 30.5 Å². The number of hydrogen-bond donors (Lipinski definition) is 1. The molecule has 0 saturated heterocycles. The molecule has 0 radical (unpaired) electrons. The molecule has 3 aromatic rings. The summed E-state index contributed by atoms with van der Waals surface area (Å²) in [4.78, 5) is 7.08. The van der Waals surface area contributed by atoms with E-state index in [2.05, 4.69) is 15.1 Å². The Morgan fingerprint density at radius 3 is 2.71 bits per heavy atom. The van der Waals surface area contributed by atoms with E-state index in [0.29, 0.717) is 39.4 Å². The van der Waals surface area contributed by atoms with Gasteiger partial charge in [-0.25, -0.2) is 0 Å². The van der Waals surface area contributed by atoms with Gasteiger partial charge in [0.1, 0.15) is 11.8 Å². The number of benzene rings is 1. The van der Waals surface area contributed by atoms with Crippen LogP contribution < -0.4 is 0 Å². The van der Waals surface area contributed by atoms with Gasteiger partial charge in [-0.2, -0.15) is 10.2 Å². The van der Waals surface area contributed by atoms with Gasteiger partial charge in [0.2, 0.25) is 0 Å². The third kappa shape index (κ3) is 2.77. The van der Waals surface area contributed by atoms with Crippen LogP contribution in [0.5, 0.6) is 0 Å². The third-order valence-electron chi connectivity index (χ3n) is 2.92.